The molecule has 94 valence electrons. The Balaban J connectivity index is 2.90. The second-order valence-corrected chi connectivity index (χ2v) is 4.26. The Kier molecular flexibility index (Phi) is 4.82. The molecule has 4 nitrogen and oxygen atoms in total. The molecule has 0 radical (unpaired) electrons. The number of hydrogen-bond donors (Lipinski definition) is 2. The van der Waals surface area contributed by atoms with E-state index in [2.05, 4.69) is 5.32 Å². The number of nitrogens with two attached hydrogens (primary N) is 1. The summed E-state index contributed by atoms with van der Waals surface area (Å²) in [4.78, 5) is 12.0. The van der Waals surface area contributed by atoms with Crippen LogP contribution in [0.25, 0.3) is 0 Å². The van der Waals surface area contributed by atoms with E-state index in [9.17, 15) is 4.79 Å². The van der Waals surface area contributed by atoms with Gasteiger partial charge in [-0.25, -0.2) is 0 Å². The molecule has 0 heterocycles. The molecule has 1 aromatic rings. The van der Waals surface area contributed by atoms with Gasteiger partial charge in [0.1, 0.15) is 11.3 Å². The summed E-state index contributed by atoms with van der Waals surface area (Å²) in [6.07, 6.45) is 0. The number of nitrogen functional groups attached to an aromatic ring is 1. The Labute approximate surface area is 102 Å². The summed E-state index contributed by atoms with van der Waals surface area (Å²) in [5.74, 6) is 0.758. The standard InChI is InChI=1S/C13H20N2O2/c1-4-17-11-7-5-6-10(14)12(11)13(16)15-8-9(2)3/h5-7,9H,4,8,14H2,1-3H3,(H,15,16). The van der Waals surface area contributed by atoms with Crippen LogP contribution in [0.2, 0.25) is 0 Å². The van der Waals surface area contributed by atoms with E-state index in [-0.39, 0.29) is 5.91 Å². The van der Waals surface area contributed by atoms with Crippen LogP contribution >= 0.6 is 0 Å². The first-order valence-corrected chi connectivity index (χ1v) is 5.85. The van der Waals surface area contributed by atoms with E-state index in [1.165, 1.54) is 0 Å². The highest BCUT2D eigenvalue weighted by Gasteiger charge is 2.15. The lowest BCUT2D eigenvalue weighted by atomic mass is 10.1. The molecular weight excluding hydrogens is 216 g/mol. The molecule has 0 atom stereocenters. The lowest BCUT2D eigenvalue weighted by molar-refractivity contribution is 0.0946. The maximum absolute atomic E-state index is 12.0. The predicted octanol–water partition coefficient (Wildman–Crippen LogP) is 2.05. The summed E-state index contributed by atoms with van der Waals surface area (Å²) in [6.45, 7) is 7.09. The van der Waals surface area contributed by atoms with Crippen LogP contribution in [-0.2, 0) is 0 Å². The van der Waals surface area contributed by atoms with Crippen LogP contribution in [0.15, 0.2) is 18.2 Å². The van der Waals surface area contributed by atoms with Gasteiger partial charge < -0.3 is 15.8 Å². The number of hydrogen-bond acceptors (Lipinski definition) is 3. The summed E-state index contributed by atoms with van der Waals surface area (Å²) >= 11 is 0. The van der Waals surface area contributed by atoms with E-state index >= 15 is 0 Å². The first-order chi connectivity index (χ1) is 8.06. The van der Waals surface area contributed by atoms with Gasteiger partial charge in [0.2, 0.25) is 0 Å². The number of anilines is 1. The van der Waals surface area contributed by atoms with Gasteiger partial charge in [0.15, 0.2) is 0 Å². The number of amides is 1. The average molecular weight is 236 g/mol. The summed E-state index contributed by atoms with van der Waals surface area (Å²) < 4.78 is 5.40. The molecule has 17 heavy (non-hydrogen) atoms. The van der Waals surface area contributed by atoms with E-state index in [4.69, 9.17) is 10.5 Å². The van der Waals surface area contributed by atoms with Crippen molar-refractivity contribution >= 4 is 11.6 Å². The van der Waals surface area contributed by atoms with E-state index in [0.29, 0.717) is 36.1 Å². The topological polar surface area (TPSA) is 64.3 Å². The molecular formula is C13H20N2O2. The molecule has 0 bridgehead atoms. The van der Waals surface area contributed by atoms with Crippen LogP contribution in [-0.4, -0.2) is 19.1 Å². The van der Waals surface area contributed by atoms with Gasteiger partial charge >= 0.3 is 0 Å². The third kappa shape index (κ3) is 3.66. The number of rotatable bonds is 5. The third-order valence-electron chi connectivity index (χ3n) is 2.26. The lowest BCUT2D eigenvalue weighted by Crippen LogP contribution is -2.28. The van der Waals surface area contributed by atoms with Crippen LogP contribution in [0.5, 0.6) is 5.75 Å². The fourth-order valence-corrected chi connectivity index (χ4v) is 1.45. The molecule has 3 N–H and O–H groups in total. The second kappa shape index (κ2) is 6.13. The Morgan fingerprint density at radius 3 is 2.76 bits per heavy atom. The van der Waals surface area contributed by atoms with Gasteiger partial charge in [-0.05, 0) is 25.0 Å². The van der Waals surface area contributed by atoms with Crippen LogP contribution in [0.4, 0.5) is 5.69 Å². The van der Waals surface area contributed by atoms with Crippen LogP contribution in [0.3, 0.4) is 0 Å². The zero-order valence-corrected chi connectivity index (χ0v) is 10.6. The highest BCUT2D eigenvalue weighted by molar-refractivity contribution is 6.01. The van der Waals surface area contributed by atoms with Crippen molar-refractivity contribution in [2.24, 2.45) is 5.92 Å². The van der Waals surface area contributed by atoms with Crippen molar-refractivity contribution in [2.45, 2.75) is 20.8 Å². The highest BCUT2D eigenvalue weighted by Crippen LogP contribution is 2.24. The maximum Gasteiger partial charge on any atom is 0.257 e. The third-order valence-corrected chi connectivity index (χ3v) is 2.26. The number of carbonyl (C=O) groups excluding carboxylic acids is 1. The molecule has 0 saturated carbocycles. The second-order valence-electron chi connectivity index (χ2n) is 4.26. The van der Waals surface area contributed by atoms with Crippen LogP contribution in [0, 0.1) is 5.92 Å². The van der Waals surface area contributed by atoms with Crippen LogP contribution in [0.1, 0.15) is 31.1 Å². The Morgan fingerprint density at radius 1 is 1.47 bits per heavy atom. The molecule has 0 fully saturated rings. The minimum absolute atomic E-state index is 0.180. The summed E-state index contributed by atoms with van der Waals surface area (Å²) in [6, 6.07) is 5.23. The zero-order valence-electron chi connectivity index (χ0n) is 10.6. The molecule has 1 amide bonds. The Bertz CT molecular complexity index is 389. The normalized spacial score (nSPS) is 10.4. The van der Waals surface area contributed by atoms with Gasteiger partial charge in [-0.15, -0.1) is 0 Å². The number of benzene rings is 1. The van der Waals surface area contributed by atoms with E-state index in [1.54, 1.807) is 18.2 Å². The Morgan fingerprint density at radius 2 is 2.18 bits per heavy atom. The van der Waals surface area contributed by atoms with Crippen molar-refractivity contribution in [3.63, 3.8) is 0 Å². The summed E-state index contributed by atoms with van der Waals surface area (Å²) in [7, 11) is 0. The molecule has 0 spiro atoms. The number of carbonyl (C=O) groups is 1. The van der Waals surface area contributed by atoms with Crippen molar-refractivity contribution < 1.29 is 9.53 Å². The molecule has 0 unspecified atom stereocenters. The van der Waals surface area contributed by atoms with Crippen molar-refractivity contribution in [3.05, 3.63) is 23.8 Å². The summed E-state index contributed by atoms with van der Waals surface area (Å²) in [5.41, 5.74) is 6.69. The minimum Gasteiger partial charge on any atom is -0.493 e. The molecule has 1 aromatic carbocycles. The monoisotopic (exact) mass is 236 g/mol. The molecule has 4 heteroatoms. The fourth-order valence-electron chi connectivity index (χ4n) is 1.45. The number of ether oxygens (including phenoxy) is 1. The smallest absolute Gasteiger partial charge is 0.257 e. The quantitative estimate of drug-likeness (QED) is 0.769. The molecule has 0 saturated heterocycles. The van der Waals surface area contributed by atoms with Gasteiger partial charge in [-0.2, -0.15) is 0 Å². The SMILES string of the molecule is CCOc1cccc(N)c1C(=O)NCC(C)C. The predicted molar refractivity (Wildman–Crippen MR) is 69.2 cm³/mol. The first-order valence-electron chi connectivity index (χ1n) is 5.85. The van der Waals surface area contributed by atoms with Gasteiger partial charge in [-0.3, -0.25) is 4.79 Å². The van der Waals surface area contributed by atoms with Crippen molar-refractivity contribution in [2.75, 3.05) is 18.9 Å². The first kappa shape index (κ1) is 13.4. The molecule has 0 aliphatic rings. The van der Waals surface area contributed by atoms with E-state index in [1.807, 2.05) is 20.8 Å². The van der Waals surface area contributed by atoms with E-state index < -0.39 is 0 Å². The summed E-state index contributed by atoms with van der Waals surface area (Å²) in [5, 5.41) is 2.84. The molecule has 0 aliphatic carbocycles. The Hall–Kier alpha value is -1.71. The number of nitrogens with one attached hydrogen (secondary N) is 1. The van der Waals surface area contributed by atoms with Gasteiger partial charge in [0, 0.05) is 12.2 Å². The van der Waals surface area contributed by atoms with Gasteiger partial charge in [0.25, 0.3) is 5.91 Å². The van der Waals surface area contributed by atoms with Crippen molar-refractivity contribution in [1.29, 1.82) is 0 Å². The van der Waals surface area contributed by atoms with Gasteiger partial charge in [0.05, 0.1) is 6.61 Å². The van der Waals surface area contributed by atoms with Crippen LogP contribution < -0.4 is 15.8 Å². The van der Waals surface area contributed by atoms with Crippen molar-refractivity contribution in [3.8, 4) is 5.75 Å². The fraction of sp³-hybridized carbons (Fsp3) is 0.462. The van der Waals surface area contributed by atoms with E-state index in [0.717, 1.165) is 0 Å². The largest absolute Gasteiger partial charge is 0.493 e. The lowest BCUT2D eigenvalue weighted by Gasteiger charge is -2.13. The maximum atomic E-state index is 12.0. The average Bonchev–Trinajstić information content (AvgIpc) is 2.26. The zero-order chi connectivity index (χ0) is 12.8. The molecule has 0 aliphatic heterocycles. The van der Waals surface area contributed by atoms with Gasteiger partial charge in [-0.1, -0.05) is 19.9 Å². The molecule has 0 aromatic heterocycles. The highest BCUT2D eigenvalue weighted by atomic mass is 16.5. The minimum atomic E-state index is -0.180. The van der Waals surface area contributed by atoms with Crippen molar-refractivity contribution in [1.82, 2.24) is 5.32 Å². The molecule has 1 rings (SSSR count).